The Bertz CT molecular complexity index is 817. The molecule has 2 aromatic carbocycles. The van der Waals surface area contributed by atoms with Crippen LogP contribution in [0.3, 0.4) is 0 Å². The van der Waals surface area contributed by atoms with Crippen LogP contribution < -0.4 is 9.46 Å². The first kappa shape index (κ1) is 19.9. The number of hydrogen-bond acceptors (Lipinski definition) is 5. The van der Waals surface area contributed by atoms with Crippen LogP contribution in [0.2, 0.25) is 0 Å². The first-order chi connectivity index (χ1) is 12.3. The molecule has 0 fully saturated rings. The van der Waals surface area contributed by atoms with E-state index < -0.39 is 22.0 Å². The zero-order chi connectivity index (χ0) is 19.2. The lowest BCUT2D eigenvalue weighted by molar-refractivity contribution is -0.142. The van der Waals surface area contributed by atoms with E-state index >= 15 is 0 Å². The van der Waals surface area contributed by atoms with Gasteiger partial charge in [-0.05, 0) is 50.1 Å². The zero-order valence-electron chi connectivity index (χ0n) is 15.0. The van der Waals surface area contributed by atoms with Crippen molar-refractivity contribution in [2.45, 2.75) is 37.3 Å². The van der Waals surface area contributed by atoms with E-state index in [9.17, 15) is 13.2 Å². The molecule has 0 bridgehead atoms. The van der Waals surface area contributed by atoms with E-state index in [1.807, 2.05) is 44.2 Å². The van der Waals surface area contributed by atoms with Crippen LogP contribution in [0.1, 0.15) is 19.4 Å². The number of esters is 1. The van der Waals surface area contributed by atoms with Crippen LogP contribution in [-0.2, 0) is 26.0 Å². The monoisotopic (exact) mass is 377 g/mol. The van der Waals surface area contributed by atoms with Crippen molar-refractivity contribution in [1.29, 1.82) is 0 Å². The standard InChI is InChI=1S/C19H23NO5S/c1-14(2)25-16-9-11-17(12-10-16)26(22,23)20-18(19(21)24-3)13-15-7-5-4-6-8-15/h4-12,14,18,20H,13H2,1-3H3. The van der Waals surface area contributed by atoms with Crippen LogP contribution in [0.15, 0.2) is 59.5 Å². The van der Waals surface area contributed by atoms with Crippen LogP contribution in [0.25, 0.3) is 0 Å². The summed E-state index contributed by atoms with van der Waals surface area (Å²) in [5.74, 6) is -0.0649. The van der Waals surface area contributed by atoms with E-state index in [1.165, 1.54) is 19.2 Å². The number of rotatable bonds is 8. The Morgan fingerprint density at radius 3 is 2.19 bits per heavy atom. The van der Waals surface area contributed by atoms with Gasteiger partial charge in [-0.15, -0.1) is 0 Å². The van der Waals surface area contributed by atoms with Crippen molar-refractivity contribution < 1.29 is 22.7 Å². The Morgan fingerprint density at radius 1 is 1.04 bits per heavy atom. The van der Waals surface area contributed by atoms with E-state index in [0.717, 1.165) is 5.56 Å². The quantitative estimate of drug-likeness (QED) is 0.715. The Morgan fingerprint density at radius 2 is 1.65 bits per heavy atom. The van der Waals surface area contributed by atoms with Gasteiger partial charge < -0.3 is 9.47 Å². The second-order valence-corrected chi connectivity index (χ2v) is 7.74. The number of benzene rings is 2. The van der Waals surface area contributed by atoms with Crippen molar-refractivity contribution in [3.8, 4) is 5.75 Å². The highest BCUT2D eigenvalue weighted by atomic mass is 32.2. The molecule has 0 aliphatic carbocycles. The molecule has 1 unspecified atom stereocenters. The second-order valence-electron chi connectivity index (χ2n) is 6.02. The Labute approximate surface area is 154 Å². The summed E-state index contributed by atoms with van der Waals surface area (Å²) in [6.07, 6.45) is 0.187. The third-order valence-corrected chi connectivity index (χ3v) is 5.06. The Hall–Kier alpha value is -2.38. The van der Waals surface area contributed by atoms with Gasteiger partial charge in [0.15, 0.2) is 0 Å². The van der Waals surface area contributed by atoms with Gasteiger partial charge in [-0.3, -0.25) is 4.79 Å². The minimum Gasteiger partial charge on any atom is -0.491 e. The highest BCUT2D eigenvalue weighted by Crippen LogP contribution is 2.18. The number of nitrogens with one attached hydrogen (secondary N) is 1. The van der Waals surface area contributed by atoms with Crippen LogP contribution >= 0.6 is 0 Å². The predicted octanol–water partition coefficient (Wildman–Crippen LogP) is 2.54. The lowest BCUT2D eigenvalue weighted by atomic mass is 10.1. The maximum absolute atomic E-state index is 12.6. The van der Waals surface area contributed by atoms with Crippen molar-refractivity contribution in [1.82, 2.24) is 4.72 Å². The fourth-order valence-electron chi connectivity index (χ4n) is 2.39. The van der Waals surface area contributed by atoms with Gasteiger partial charge in [0.2, 0.25) is 10.0 Å². The molecule has 0 aliphatic heterocycles. The predicted molar refractivity (Wildman–Crippen MR) is 98.5 cm³/mol. The molecule has 0 saturated heterocycles. The van der Waals surface area contributed by atoms with E-state index in [0.29, 0.717) is 5.75 Å². The molecule has 0 heterocycles. The summed E-state index contributed by atoms with van der Waals surface area (Å²) in [5.41, 5.74) is 0.825. The number of sulfonamides is 1. The highest BCUT2D eigenvalue weighted by Gasteiger charge is 2.26. The van der Waals surface area contributed by atoms with E-state index in [-0.39, 0.29) is 17.4 Å². The topological polar surface area (TPSA) is 81.7 Å². The zero-order valence-corrected chi connectivity index (χ0v) is 15.8. The van der Waals surface area contributed by atoms with E-state index in [1.54, 1.807) is 12.1 Å². The number of carbonyl (C=O) groups is 1. The summed E-state index contributed by atoms with van der Waals surface area (Å²) >= 11 is 0. The fourth-order valence-corrected chi connectivity index (χ4v) is 3.57. The molecular weight excluding hydrogens is 354 g/mol. The highest BCUT2D eigenvalue weighted by molar-refractivity contribution is 7.89. The molecule has 0 amide bonds. The van der Waals surface area contributed by atoms with Crippen molar-refractivity contribution >= 4 is 16.0 Å². The van der Waals surface area contributed by atoms with Gasteiger partial charge in [-0.2, -0.15) is 4.72 Å². The van der Waals surface area contributed by atoms with E-state index in [2.05, 4.69) is 4.72 Å². The molecular formula is C19H23NO5S. The SMILES string of the molecule is COC(=O)C(Cc1ccccc1)NS(=O)(=O)c1ccc(OC(C)C)cc1. The normalized spacial score (nSPS) is 12.6. The van der Waals surface area contributed by atoms with Crippen LogP contribution in [0.5, 0.6) is 5.75 Å². The van der Waals surface area contributed by atoms with Crippen molar-refractivity contribution in [3.63, 3.8) is 0 Å². The second kappa shape index (κ2) is 8.82. The molecule has 0 spiro atoms. The number of methoxy groups -OCH3 is 1. The molecule has 140 valence electrons. The van der Waals surface area contributed by atoms with Crippen molar-refractivity contribution in [2.75, 3.05) is 7.11 Å². The lowest BCUT2D eigenvalue weighted by Gasteiger charge is -2.17. The maximum Gasteiger partial charge on any atom is 0.324 e. The molecule has 7 heteroatoms. The van der Waals surface area contributed by atoms with Gasteiger partial charge in [0.25, 0.3) is 0 Å². The first-order valence-corrected chi connectivity index (χ1v) is 9.71. The lowest BCUT2D eigenvalue weighted by Crippen LogP contribution is -2.42. The molecule has 1 N–H and O–H groups in total. The summed E-state index contributed by atoms with van der Waals surface area (Å²) in [6.45, 7) is 3.77. The Kier molecular flexibility index (Phi) is 6.76. The third-order valence-electron chi connectivity index (χ3n) is 3.57. The Balaban J connectivity index is 2.18. The molecule has 0 aliphatic rings. The van der Waals surface area contributed by atoms with Gasteiger partial charge in [0, 0.05) is 0 Å². The van der Waals surface area contributed by atoms with Gasteiger partial charge in [0.05, 0.1) is 18.1 Å². The summed E-state index contributed by atoms with van der Waals surface area (Å²) < 4.78 is 37.9. The van der Waals surface area contributed by atoms with E-state index in [4.69, 9.17) is 9.47 Å². The average molecular weight is 377 g/mol. The van der Waals surface area contributed by atoms with Crippen LogP contribution in [0.4, 0.5) is 0 Å². The van der Waals surface area contributed by atoms with Gasteiger partial charge in [-0.1, -0.05) is 30.3 Å². The average Bonchev–Trinajstić information content (AvgIpc) is 2.61. The fraction of sp³-hybridized carbons (Fsp3) is 0.316. The molecule has 6 nitrogen and oxygen atoms in total. The van der Waals surface area contributed by atoms with Crippen molar-refractivity contribution in [3.05, 3.63) is 60.2 Å². The third kappa shape index (κ3) is 5.57. The van der Waals surface area contributed by atoms with Crippen LogP contribution in [0, 0.1) is 0 Å². The van der Waals surface area contributed by atoms with Crippen molar-refractivity contribution in [2.24, 2.45) is 0 Å². The molecule has 1 atom stereocenters. The molecule has 2 rings (SSSR count). The first-order valence-electron chi connectivity index (χ1n) is 8.22. The summed E-state index contributed by atoms with van der Waals surface area (Å²) in [4.78, 5) is 12.1. The summed E-state index contributed by atoms with van der Waals surface area (Å²) in [7, 11) is -2.66. The molecule has 26 heavy (non-hydrogen) atoms. The summed E-state index contributed by atoms with van der Waals surface area (Å²) in [6, 6.07) is 14.2. The largest absolute Gasteiger partial charge is 0.491 e. The minimum atomic E-state index is -3.89. The molecule has 0 radical (unpaired) electrons. The number of ether oxygens (including phenoxy) is 2. The molecule has 0 aromatic heterocycles. The minimum absolute atomic E-state index is 0.00911. The van der Waals surface area contributed by atoms with Gasteiger partial charge >= 0.3 is 5.97 Å². The van der Waals surface area contributed by atoms with Gasteiger partial charge in [0.1, 0.15) is 11.8 Å². The smallest absolute Gasteiger partial charge is 0.324 e. The maximum atomic E-state index is 12.6. The number of hydrogen-bond donors (Lipinski definition) is 1. The van der Waals surface area contributed by atoms with Gasteiger partial charge in [-0.25, -0.2) is 8.42 Å². The summed E-state index contributed by atoms with van der Waals surface area (Å²) in [5, 5.41) is 0. The van der Waals surface area contributed by atoms with Crippen LogP contribution in [-0.4, -0.2) is 33.6 Å². The molecule has 0 saturated carbocycles. The number of carbonyl (C=O) groups excluding carboxylic acids is 1. The molecule has 2 aromatic rings.